The summed E-state index contributed by atoms with van der Waals surface area (Å²) < 4.78 is 26.8. The van der Waals surface area contributed by atoms with Gasteiger partial charge in [0.2, 0.25) is 10.0 Å². The molecule has 3 aromatic rings. The highest BCUT2D eigenvalue weighted by Crippen LogP contribution is 2.36. The van der Waals surface area contributed by atoms with E-state index in [2.05, 4.69) is 16.0 Å². The van der Waals surface area contributed by atoms with Gasteiger partial charge in [0.1, 0.15) is 0 Å². The lowest BCUT2D eigenvalue weighted by molar-refractivity contribution is 0.368. The van der Waals surface area contributed by atoms with Crippen LogP contribution in [0.3, 0.4) is 0 Å². The summed E-state index contributed by atoms with van der Waals surface area (Å²) in [6, 6.07) is 15.5. The van der Waals surface area contributed by atoms with E-state index in [0.717, 1.165) is 35.2 Å². The SMILES string of the molecule is CS(=O)(=O)N1CCCc2ccccc2[C@@H]1c1ccnc(-c2ccncc2)c1. The van der Waals surface area contributed by atoms with Crippen LogP contribution in [-0.2, 0) is 16.4 Å². The van der Waals surface area contributed by atoms with Crippen molar-refractivity contribution < 1.29 is 8.42 Å². The molecule has 2 aromatic heterocycles. The van der Waals surface area contributed by atoms with Gasteiger partial charge in [0, 0.05) is 30.7 Å². The van der Waals surface area contributed by atoms with E-state index in [1.54, 1.807) is 22.9 Å². The Morgan fingerprint density at radius 2 is 1.81 bits per heavy atom. The standard InChI is InChI=1S/C21H21N3O2S/c1-27(25,26)24-14-4-6-16-5-2-3-7-19(16)21(24)18-10-13-23-20(15-18)17-8-11-22-12-9-17/h2-3,5,7-13,15,21H,4,6,14H2,1H3/t21-/m0/s1. The topological polar surface area (TPSA) is 63.2 Å². The van der Waals surface area contributed by atoms with Crippen LogP contribution in [0, 0.1) is 0 Å². The zero-order chi connectivity index (χ0) is 18.9. The van der Waals surface area contributed by atoms with E-state index >= 15 is 0 Å². The van der Waals surface area contributed by atoms with E-state index < -0.39 is 10.0 Å². The van der Waals surface area contributed by atoms with Crippen molar-refractivity contribution >= 4 is 10.0 Å². The summed E-state index contributed by atoms with van der Waals surface area (Å²) in [6.07, 6.45) is 8.18. The fourth-order valence-electron chi connectivity index (χ4n) is 3.74. The molecule has 6 heteroatoms. The van der Waals surface area contributed by atoms with E-state index in [1.165, 1.54) is 11.8 Å². The molecule has 0 spiro atoms. The first-order valence-electron chi connectivity index (χ1n) is 8.95. The fraction of sp³-hybridized carbons (Fsp3) is 0.238. The summed E-state index contributed by atoms with van der Waals surface area (Å²) >= 11 is 0. The molecule has 3 heterocycles. The predicted octanol–water partition coefficient (Wildman–Crippen LogP) is 3.44. The van der Waals surface area contributed by atoms with Gasteiger partial charge in [0.15, 0.2) is 0 Å². The van der Waals surface area contributed by atoms with Crippen LogP contribution < -0.4 is 0 Å². The number of aromatic nitrogens is 2. The van der Waals surface area contributed by atoms with Gasteiger partial charge in [-0.3, -0.25) is 9.97 Å². The van der Waals surface area contributed by atoms with Crippen molar-refractivity contribution in [1.82, 2.24) is 14.3 Å². The molecule has 0 radical (unpaired) electrons. The summed E-state index contributed by atoms with van der Waals surface area (Å²) in [5.41, 5.74) is 4.95. The normalized spacial score (nSPS) is 17.9. The highest BCUT2D eigenvalue weighted by molar-refractivity contribution is 7.88. The van der Waals surface area contributed by atoms with Crippen LogP contribution in [0.15, 0.2) is 67.1 Å². The number of hydrogen-bond donors (Lipinski definition) is 0. The first kappa shape index (κ1) is 17.8. The van der Waals surface area contributed by atoms with Crippen molar-refractivity contribution in [2.45, 2.75) is 18.9 Å². The van der Waals surface area contributed by atoms with Crippen molar-refractivity contribution in [3.8, 4) is 11.3 Å². The average molecular weight is 379 g/mol. The Labute approximate surface area is 159 Å². The smallest absolute Gasteiger partial charge is 0.212 e. The molecule has 0 saturated carbocycles. The van der Waals surface area contributed by atoms with Crippen LogP contribution >= 0.6 is 0 Å². The lowest BCUT2D eigenvalue weighted by Gasteiger charge is -2.29. The van der Waals surface area contributed by atoms with Crippen molar-refractivity contribution in [2.24, 2.45) is 0 Å². The Kier molecular flexibility index (Phi) is 4.76. The fourth-order valence-corrected chi connectivity index (χ4v) is 4.82. The molecule has 1 aliphatic heterocycles. The van der Waals surface area contributed by atoms with Gasteiger partial charge in [-0.2, -0.15) is 4.31 Å². The Morgan fingerprint density at radius 1 is 1.04 bits per heavy atom. The third kappa shape index (κ3) is 3.63. The Balaban J connectivity index is 1.88. The van der Waals surface area contributed by atoms with Crippen LogP contribution in [0.25, 0.3) is 11.3 Å². The average Bonchev–Trinajstić information content (AvgIpc) is 2.88. The molecule has 0 aliphatic carbocycles. The summed E-state index contributed by atoms with van der Waals surface area (Å²) in [6.45, 7) is 0.505. The maximum absolute atomic E-state index is 12.6. The molecule has 5 nitrogen and oxygen atoms in total. The number of fused-ring (bicyclic) bond motifs is 1. The minimum Gasteiger partial charge on any atom is -0.265 e. The van der Waals surface area contributed by atoms with Crippen LogP contribution in [0.5, 0.6) is 0 Å². The summed E-state index contributed by atoms with van der Waals surface area (Å²) in [5, 5.41) is 0. The van der Waals surface area contributed by atoms with Crippen LogP contribution in [0.2, 0.25) is 0 Å². The van der Waals surface area contributed by atoms with Gasteiger partial charge in [-0.15, -0.1) is 0 Å². The number of nitrogens with zero attached hydrogens (tertiary/aromatic N) is 3. The molecular formula is C21H21N3O2S. The van der Waals surface area contributed by atoms with E-state index in [1.807, 2.05) is 42.5 Å². The van der Waals surface area contributed by atoms with Crippen LogP contribution in [-0.4, -0.2) is 35.5 Å². The maximum atomic E-state index is 12.6. The van der Waals surface area contributed by atoms with Crippen molar-refractivity contribution in [1.29, 1.82) is 0 Å². The van der Waals surface area contributed by atoms with Crippen molar-refractivity contribution in [3.05, 3.63) is 83.8 Å². The summed E-state index contributed by atoms with van der Waals surface area (Å²) in [4.78, 5) is 8.53. The number of rotatable bonds is 3. The van der Waals surface area contributed by atoms with Crippen LogP contribution in [0.1, 0.15) is 29.2 Å². The van der Waals surface area contributed by atoms with Crippen molar-refractivity contribution in [2.75, 3.05) is 12.8 Å². The molecule has 0 saturated heterocycles. The molecule has 138 valence electrons. The largest absolute Gasteiger partial charge is 0.265 e. The van der Waals surface area contributed by atoms with E-state index in [4.69, 9.17) is 0 Å². The van der Waals surface area contributed by atoms with Gasteiger partial charge in [0.25, 0.3) is 0 Å². The molecule has 1 aromatic carbocycles. The van der Waals surface area contributed by atoms with Gasteiger partial charge in [-0.05, 0) is 53.8 Å². The molecule has 0 fully saturated rings. The number of hydrogen-bond acceptors (Lipinski definition) is 4. The second-order valence-corrected chi connectivity index (χ2v) is 8.72. The van der Waals surface area contributed by atoms with Gasteiger partial charge in [-0.1, -0.05) is 24.3 Å². The summed E-state index contributed by atoms with van der Waals surface area (Å²) in [7, 11) is -3.36. The molecule has 1 atom stereocenters. The first-order valence-corrected chi connectivity index (χ1v) is 10.8. The Morgan fingerprint density at radius 3 is 2.59 bits per heavy atom. The minimum atomic E-state index is -3.36. The van der Waals surface area contributed by atoms with Crippen molar-refractivity contribution in [3.63, 3.8) is 0 Å². The first-order chi connectivity index (χ1) is 13.0. The maximum Gasteiger partial charge on any atom is 0.212 e. The monoisotopic (exact) mass is 379 g/mol. The van der Waals surface area contributed by atoms with E-state index in [-0.39, 0.29) is 6.04 Å². The van der Waals surface area contributed by atoms with Crippen LogP contribution in [0.4, 0.5) is 0 Å². The van der Waals surface area contributed by atoms with E-state index in [9.17, 15) is 8.42 Å². The lowest BCUT2D eigenvalue weighted by atomic mass is 9.94. The second kappa shape index (κ2) is 7.21. The Hall–Kier alpha value is -2.57. The van der Waals surface area contributed by atoms with Gasteiger partial charge < -0.3 is 0 Å². The lowest BCUT2D eigenvalue weighted by Crippen LogP contribution is -2.34. The minimum absolute atomic E-state index is 0.345. The zero-order valence-corrected chi connectivity index (χ0v) is 15.9. The Bertz CT molecular complexity index is 1050. The van der Waals surface area contributed by atoms with Gasteiger partial charge >= 0.3 is 0 Å². The number of benzene rings is 1. The quantitative estimate of drug-likeness (QED) is 0.699. The third-order valence-corrected chi connectivity index (χ3v) is 6.21. The molecule has 0 N–H and O–H groups in total. The zero-order valence-electron chi connectivity index (χ0n) is 15.1. The molecule has 4 rings (SSSR count). The second-order valence-electron chi connectivity index (χ2n) is 6.79. The predicted molar refractivity (Wildman–Crippen MR) is 106 cm³/mol. The number of aryl methyl sites for hydroxylation is 1. The molecule has 0 amide bonds. The molecular weight excluding hydrogens is 358 g/mol. The number of pyridine rings is 2. The molecule has 27 heavy (non-hydrogen) atoms. The third-order valence-electron chi connectivity index (χ3n) is 4.96. The number of sulfonamides is 1. The molecule has 0 bridgehead atoms. The summed E-state index contributed by atoms with van der Waals surface area (Å²) in [5.74, 6) is 0. The van der Waals surface area contributed by atoms with Gasteiger partial charge in [0.05, 0.1) is 18.0 Å². The molecule has 0 unspecified atom stereocenters. The molecule has 1 aliphatic rings. The van der Waals surface area contributed by atoms with Gasteiger partial charge in [-0.25, -0.2) is 8.42 Å². The highest BCUT2D eigenvalue weighted by Gasteiger charge is 2.32. The highest BCUT2D eigenvalue weighted by atomic mass is 32.2. The van der Waals surface area contributed by atoms with E-state index in [0.29, 0.717) is 6.54 Å².